The molecule has 26 heavy (non-hydrogen) atoms. The first-order valence-electron chi connectivity index (χ1n) is 8.10. The van der Waals surface area contributed by atoms with Gasteiger partial charge in [0.15, 0.2) is 5.65 Å². The summed E-state index contributed by atoms with van der Waals surface area (Å²) in [6, 6.07) is 18.4. The molecule has 2 aromatic carbocycles. The van der Waals surface area contributed by atoms with Crippen LogP contribution in [0.2, 0.25) is 5.28 Å². The average molecular weight is 358 g/mol. The van der Waals surface area contributed by atoms with Crippen LogP contribution >= 0.6 is 11.6 Å². The lowest BCUT2D eigenvalue weighted by Gasteiger charge is -2.12. The van der Waals surface area contributed by atoms with Gasteiger partial charge in [-0.2, -0.15) is 0 Å². The van der Waals surface area contributed by atoms with E-state index in [0.29, 0.717) is 10.9 Å². The Morgan fingerprint density at radius 2 is 1.65 bits per heavy atom. The van der Waals surface area contributed by atoms with E-state index in [0.717, 1.165) is 27.8 Å². The zero-order valence-corrected chi connectivity index (χ0v) is 14.3. The summed E-state index contributed by atoms with van der Waals surface area (Å²) in [5.74, 6) is 0. The van der Waals surface area contributed by atoms with Crippen LogP contribution in [-0.2, 0) is 0 Å². The van der Waals surface area contributed by atoms with Crippen LogP contribution in [-0.4, -0.2) is 24.6 Å². The predicted molar refractivity (Wildman–Crippen MR) is 102 cm³/mol. The molecule has 0 saturated heterocycles. The molecule has 3 heterocycles. The Morgan fingerprint density at radius 3 is 2.50 bits per heavy atom. The molecule has 0 saturated carbocycles. The molecule has 0 bridgehead atoms. The minimum absolute atomic E-state index is 0.321. The summed E-state index contributed by atoms with van der Waals surface area (Å²) in [4.78, 5) is 8.72. The number of benzene rings is 2. The Morgan fingerprint density at radius 1 is 0.846 bits per heavy atom. The average Bonchev–Trinajstić information content (AvgIpc) is 3.18. The van der Waals surface area contributed by atoms with Gasteiger partial charge in [-0.1, -0.05) is 36.4 Å². The van der Waals surface area contributed by atoms with Gasteiger partial charge < -0.3 is 0 Å². The van der Waals surface area contributed by atoms with Crippen LogP contribution in [0.25, 0.3) is 38.8 Å². The van der Waals surface area contributed by atoms with Crippen LogP contribution in [0.3, 0.4) is 0 Å². The van der Waals surface area contributed by atoms with Gasteiger partial charge in [-0.3, -0.25) is 9.38 Å². The number of rotatable bonds is 2. The van der Waals surface area contributed by atoms with Crippen LogP contribution < -0.4 is 0 Å². The van der Waals surface area contributed by atoms with Crippen molar-refractivity contribution in [2.24, 2.45) is 0 Å². The number of aromatic nitrogens is 5. The Kier molecular flexibility index (Phi) is 3.40. The van der Waals surface area contributed by atoms with Crippen molar-refractivity contribution in [1.82, 2.24) is 24.6 Å². The van der Waals surface area contributed by atoms with Crippen molar-refractivity contribution >= 4 is 28.0 Å². The van der Waals surface area contributed by atoms with Crippen LogP contribution in [0, 0.1) is 0 Å². The van der Waals surface area contributed by atoms with Crippen molar-refractivity contribution < 1.29 is 0 Å². The maximum Gasteiger partial charge on any atom is 0.210 e. The summed E-state index contributed by atoms with van der Waals surface area (Å²) >= 11 is 6.36. The van der Waals surface area contributed by atoms with Gasteiger partial charge >= 0.3 is 0 Å². The van der Waals surface area contributed by atoms with Gasteiger partial charge in [0, 0.05) is 18.0 Å². The van der Waals surface area contributed by atoms with Gasteiger partial charge in [-0.25, -0.2) is 4.98 Å². The monoisotopic (exact) mass is 357 g/mol. The lowest BCUT2D eigenvalue weighted by atomic mass is 9.98. The molecular weight excluding hydrogens is 346 g/mol. The highest BCUT2D eigenvalue weighted by Gasteiger charge is 2.18. The molecule has 0 fully saturated rings. The highest BCUT2D eigenvalue weighted by Crippen LogP contribution is 2.35. The van der Waals surface area contributed by atoms with Crippen LogP contribution in [0.15, 0.2) is 73.3 Å². The fourth-order valence-electron chi connectivity index (χ4n) is 3.18. The fourth-order valence-corrected chi connectivity index (χ4v) is 3.39. The van der Waals surface area contributed by atoms with Crippen molar-refractivity contribution in [3.8, 4) is 22.4 Å². The number of halogens is 1. The van der Waals surface area contributed by atoms with Crippen molar-refractivity contribution in [1.29, 1.82) is 0 Å². The molecule has 0 aliphatic heterocycles. The molecule has 6 heteroatoms. The summed E-state index contributed by atoms with van der Waals surface area (Å²) in [6.07, 6.45) is 5.05. The second-order valence-corrected chi connectivity index (χ2v) is 6.26. The van der Waals surface area contributed by atoms with Gasteiger partial charge in [0.05, 0.1) is 11.3 Å². The highest BCUT2D eigenvalue weighted by molar-refractivity contribution is 6.29. The molecule has 0 radical (unpaired) electrons. The van der Waals surface area contributed by atoms with Crippen molar-refractivity contribution in [2.75, 3.05) is 0 Å². The van der Waals surface area contributed by atoms with Gasteiger partial charge in [-0.05, 0) is 46.1 Å². The second kappa shape index (κ2) is 5.89. The van der Waals surface area contributed by atoms with E-state index in [4.69, 9.17) is 11.6 Å². The molecule has 5 rings (SSSR count). The number of hydrogen-bond acceptors (Lipinski definition) is 4. The van der Waals surface area contributed by atoms with E-state index < -0.39 is 0 Å². The highest BCUT2D eigenvalue weighted by atomic mass is 35.5. The van der Waals surface area contributed by atoms with Crippen LogP contribution in [0.5, 0.6) is 0 Å². The van der Waals surface area contributed by atoms with E-state index in [-0.39, 0.29) is 0 Å². The topological polar surface area (TPSA) is 56.0 Å². The molecular formula is C20H12ClN5. The van der Waals surface area contributed by atoms with E-state index >= 15 is 0 Å². The van der Waals surface area contributed by atoms with Gasteiger partial charge in [0.1, 0.15) is 6.33 Å². The normalized spacial score (nSPS) is 11.3. The van der Waals surface area contributed by atoms with Crippen molar-refractivity contribution in [2.45, 2.75) is 0 Å². The predicted octanol–water partition coefficient (Wildman–Crippen LogP) is 4.66. The molecule has 0 unspecified atom stereocenters. The van der Waals surface area contributed by atoms with Crippen molar-refractivity contribution in [3.05, 3.63) is 78.6 Å². The fraction of sp³-hybridized carbons (Fsp3) is 0. The Labute approximate surface area is 153 Å². The molecule has 5 nitrogen and oxygen atoms in total. The SMILES string of the molecule is Clc1nc(-c2ccncc2)c(-c2ccc3ccccc3c2)c2nncn12. The molecule has 3 aromatic heterocycles. The smallest absolute Gasteiger partial charge is 0.210 e. The second-order valence-electron chi connectivity index (χ2n) is 5.93. The quantitative estimate of drug-likeness (QED) is 0.431. The maximum atomic E-state index is 6.36. The standard InChI is InChI=1S/C20H12ClN5/c21-20-24-18(14-7-9-22-10-8-14)17(19-25-23-12-26(19)20)16-6-5-13-3-1-2-4-15(13)11-16/h1-12H. The first-order chi connectivity index (χ1) is 12.8. The first kappa shape index (κ1) is 15.0. The van der Waals surface area contributed by atoms with Crippen molar-refractivity contribution in [3.63, 3.8) is 0 Å². The van der Waals surface area contributed by atoms with Gasteiger partial charge in [-0.15, -0.1) is 10.2 Å². The third-order valence-corrected chi connectivity index (χ3v) is 4.67. The van der Waals surface area contributed by atoms with Gasteiger partial charge in [0.25, 0.3) is 0 Å². The zero-order valence-electron chi connectivity index (χ0n) is 13.5. The summed E-state index contributed by atoms with van der Waals surface area (Å²) in [6.45, 7) is 0. The molecule has 124 valence electrons. The lowest BCUT2D eigenvalue weighted by Crippen LogP contribution is -1.98. The van der Waals surface area contributed by atoms with E-state index in [1.807, 2.05) is 24.3 Å². The van der Waals surface area contributed by atoms with Crippen LogP contribution in [0.1, 0.15) is 0 Å². The number of hydrogen-bond donors (Lipinski definition) is 0. The number of fused-ring (bicyclic) bond motifs is 2. The minimum Gasteiger partial charge on any atom is -0.265 e. The molecule has 0 N–H and O–H groups in total. The lowest BCUT2D eigenvalue weighted by molar-refractivity contribution is 1.07. The van der Waals surface area contributed by atoms with E-state index in [2.05, 4.69) is 50.5 Å². The molecule has 0 aliphatic rings. The Hall–Kier alpha value is -3.31. The summed E-state index contributed by atoms with van der Waals surface area (Å²) < 4.78 is 1.69. The van der Waals surface area contributed by atoms with Gasteiger partial charge in [0.2, 0.25) is 5.28 Å². The number of pyridine rings is 1. The summed E-state index contributed by atoms with van der Waals surface area (Å²) in [5.41, 5.74) is 4.26. The zero-order chi connectivity index (χ0) is 17.5. The van der Waals surface area contributed by atoms with Crippen LogP contribution in [0.4, 0.5) is 0 Å². The van der Waals surface area contributed by atoms with E-state index in [9.17, 15) is 0 Å². The molecule has 0 atom stereocenters. The molecule has 0 spiro atoms. The summed E-state index contributed by atoms with van der Waals surface area (Å²) in [5, 5.41) is 11.0. The maximum absolute atomic E-state index is 6.36. The Balaban J connectivity index is 1.87. The third kappa shape index (κ3) is 2.33. The minimum atomic E-state index is 0.321. The largest absolute Gasteiger partial charge is 0.265 e. The van der Waals surface area contributed by atoms with E-state index in [1.54, 1.807) is 23.1 Å². The number of nitrogens with zero attached hydrogens (tertiary/aromatic N) is 5. The molecule has 0 amide bonds. The first-order valence-corrected chi connectivity index (χ1v) is 8.48. The molecule has 0 aliphatic carbocycles. The molecule has 5 aromatic rings. The van der Waals surface area contributed by atoms with E-state index in [1.165, 1.54) is 5.39 Å². The third-order valence-electron chi connectivity index (χ3n) is 4.40. The summed E-state index contributed by atoms with van der Waals surface area (Å²) in [7, 11) is 0. The Bertz CT molecular complexity index is 1250.